The van der Waals surface area contributed by atoms with Gasteiger partial charge in [-0.1, -0.05) is 6.92 Å². The number of ether oxygens (including phenoxy) is 2. The third kappa shape index (κ3) is 13.5. The summed E-state index contributed by atoms with van der Waals surface area (Å²) in [5.74, 6) is -1.26. The molecule has 0 aliphatic carbocycles. The van der Waals surface area contributed by atoms with Gasteiger partial charge in [0.1, 0.15) is 5.75 Å². The predicted octanol–water partition coefficient (Wildman–Crippen LogP) is 4.56. The molecule has 0 unspecified atom stereocenters. The number of hydrogen-bond acceptors (Lipinski definition) is 7. The molecule has 0 bridgehead atoms. The SMILES string of the molecule is C[C@@H]1CN([C@@H](C)CO)C(=O)c2cc(NC(=O)CCC(F)(F)F)ccc2O[C@@H](C)CCCCO[C@@H]1CN(C)C(=O)CCCN(C)C. The monoisotopic (exact) mass is 644 g/mol. The minimum absolute atomic E-state index is 0.00780. The molecule has 0 saturated heterocycles. The zero-order valence-electron chi connectivity index (χ0n) is 27.5. The first-order valence-electron chi connectivity index (χ1n) is 15.7. The number of nitrogens with one attached hydrogen (secondary N) is 1. The quantitative estimate of drug-likeness (QED) is 0.363. The van der Waals surface area contributed by atoms with E-state index in [1.807, 2.05) is 32.8 Å². The molecule has 1 aromatic carbocycles. The first kappa shape index (κ1) is 38.3. The highest BCUT2D eigenvalue weighted by molar-refractivity contribution is 5.99. The highest BCUT2D eigenvalue weighted by Crippen LogP contribution is 2.29. The molecule has 10 nitrogen and oxygen atoms in total. The fourth-order valence-corrected chi connectivity index (χ4v) is 5.05. The van der Waals surface area contributed by atoms with Crippen LogP contribution in [0.2, 0.25) is 0 Å². The number of rotatable bonds is 11. The lowest BCUT2D eigenvalue weighted by molar-refractivity contribution is -0.142. The van der Waals surface area contributed by atoms with Crippen LogP contribution in [0.5, 0.6) is 5.75 Å². The molecule has 0 saturated carbocycles. The Morgan fingerprint density at radius 3 is 2.51 bits per heavy atom. The number of benzene rings is 1. The molecular weight excluding hydrogens is 593 g/mol. The van der Waals surface area contributed by atoms with E-state index < -0.39 is 36.9 Å². The van der Waals surface area contributed by atoms with E-state index >= 15 is 0 Å². The number of carbonyl (C=O) groups is 3. The van der Waals surface area contributed by atoms with Crippen molar-refractivity contribution in [3.05, 3.63) is 23.8 Å². The number of aliphatic hydroxyl groups is 1. The molecular formula is C32H51F3N4O6. The molecule has 45 heavy (non-hydrogen) atoms. The Morgan fingerprint density at radius 1 is 1.16 bits per heavy atom. The molecule has 3 amide bonds. The number of fused-ring (bicyclic) bond motifs is 1. The number of likely N-dealkylation sites (N-methyl/N-ethyl adjacent to an activating group) is 1. The summed E-state index contributed by atoms with van der Waals surface area (Å²) in [5.41, 5.74) is 0.276. The van der Waals surface area contributed by atoms with Gasteiger partial charge < -0.3 is 34.6 Å². The van der Waals surface area contributed by atoms with E-state index in [1.165, 1.54) is 23.1 Å². The van der Waals surface area contributed by atoms with Gasteiger partial charge >= 0.3 is 6.18 Å². The van der Waals surface area contributed by atoms with Crippen molar-refractivity contribution in [2.75, 3.05) is 59.3 Å². The highest BCUT2D eigenvalue weighted by atomic mass is 19.4. The maximum atomic E-state index is 14.1. The number of anilines is 1. The van der Waals surface area contributed by atoms with E-state index in [9.17, 15) is 32.7 Å². The Hall–Kier alpha value is -2.90. The van der Waals surface area contributed by atoms with Gasteiger partial charge in [-0.15, -0.1) is 0 Å². The molecule has 0 fully saturated rings. The molecule has 0 spiro atoms. The number of halogens is 3. The smallest absolute Gasteiger partial charge is 0.389 e. The molecule has 0 radical (unpaired) electrons. The highest BCUT2D eigenvalue weighted by Gasteiger charge is 2.31. The average Bonchev–Trinajstić information content (AvgIpc) is 2.96. The molecule has 2 N–H and O–H groups in total. The van der Waals surface area contributed by atoms with Crippen LogP contribution in [-0.2, 0) is 14.3 Å². The van der Waals surface area contributed by atoms with Gasteiger partial charge in [0.2, 0.25) is 11.8 Å². The maximum Gasteiger partial charge on any atom is 0.389 e. The van der Waals surface area contributed by atoms with Crippen LogP contribution in [0, 0.1) is 5.92 Å². The third-order valence-corrected chi connectivity index (χ3v) is 7.85. The summed E-state index contributed by atoms with van der Waals surface area (Å²) in [7, 11) is 5.67. The van der Waals surface area contributed by atoms with Crippen LogP contribution >= 0.6 is 0 Å². The van der Waals surface area contributed by atoms with Gasteiger partial charge in [-0.3, -0.25) is 14.4 Å². The predicted molar refractivity (Wildman–Crippen MR) is 166 cm³/mol. The van der Waals surface area contributed by atoms with Gasteiger partial charge in [0.15, 0.2) is 0 Å². The molecule has 4 atom stereocenters. The number of nitrogens with zero attached hydrogens (tertiary/aromatic N) is 3. The summed E-state index contributed by atoms with van der Waals surface area (Å²) >= 11 is 0. The van der Waals surface area contributed by atoms with Crippen LogP contribution < -0.4 is 10.1 Å². The average molecular weight is 645 g/mol. The van der Waals surface area contributed by atoms with Crippen LogP contribution in [-0.4, -0.2) is 116 Å². The van der Waals surface area contributed by atoms with Crippen LogP contribution in [0.15, 0.2) is 18.2 Å². The summed E-state index contributed by atoms with van der Waals surface area (Å²) in [5, 5.41) is 12.5. The molecule has 2 rings (SSSR count). The minimum atomic E-state index is -4.47. The zero-order valence-corrected chi connectivity index (χ0v) is 27.5. The Balaban J connectivity index is 2.37. The third-order valence-electron chi connectivity index (χ3n) is 7.85. The molecule has 13 heteroatoms. The van der Waals surface area contributed by atoms with Crippen molar-refractivity contribution in [2.24, 2.45) is 5.92 Å². The van der Waals surface area contributed by atoms with Crippen molar-refractivity contribution in [3.8, 4) is 5.75 Å². The fourth-order valence-electron chi connectivity index (χ4n) is 5.05. The lowest BCUT2D eigenvalue weighted by atomic mass is 10.0. The summed E-state index contributed by atoms with van der Waals surface area (Å²) in [6.45, 7) is 6.99. The van der Waals surface area contributed by atoms with Crippen molar-refractivity contribution in [3.63, 3.8) is 0 Å². The Labute approximate surface area is 265 Å². The van der Waals surface area contributed by atoms with Gasteiger partial charge in [-0.05, 0) is 78.4 Å². The van der Waals surface area contributed by atoms with Crippen LogP contribution in [0.1, 0.15) is 76.1 Å². The molecule has 1 aliphatic heterocycles. The molecule has 1 heterocycles. The standard InChI is InChI=1S/C32H51F3N4O6/c1-22-19-39(23(2)21-40)31(43)26-18-25(36-29(41)14-15-32(33,34)35)12-13-27(26)45-24(3)10-7-8-17-44-28(22)20-38(6)30(42)11-9-16-37(4)5/h12-13,18,22-24,28,40H,7-11,14-17,19-21H2,1-6H3,(H,36,41)/t22-,23+,24+,28-/m1/s1. The lowest BCUT2D eigenvalue weighted by Crippen LogP contribution is -2.48. The van der Waals surface area contributed by atoms with Gasteiger partial charge in [-0.25, -0.2) is 0 Å². The van der Waals surface area contributed by atoms with E-state index in [-0.39, 0.29) is 54.2 Å². The number of amides is 3. The molecule has 1 aromatic rings. The van der Waals surface area contributed by atoms with Gasteiger partial charge in [0.25, 0.3) is 5.91 Å². The largest absolute Gasteiger partial charge is 0.490 e. The number of aliphatic hydroxyl groups excluding tert-OH is 1. The van der Waals surface area contributed by atoms with E-state index in [4.69, 9.17) is 9.47 Å². The number of hydrogen-bond donors (Lipinski definition) is 2. The van der Waals surface area contributed by atoms with E-state index in [0.717, 1.165) is 25.8 Å². The fraction of sp³-hybridized carbons (Fsp3) is 0.719. The number of alkyl halides is 3. The molecule has 1 aliphatic rings. The van der Waals surface area contributed by atoms with Crippen LogP contribution in [0.25, 0.3) is 0 Å². The van der Waals surface area contributed by atoms with E-state index in [2.05, 4.69) is 5.32 Å². The topological polar surface area (TPSA) is 112 Å². The first-order valence-corrected chi connectivity index (χ1v) is 15.7. The van der Waals surface area contributed by atoms with Crippen molar-refractivity contribution in [2.45, 2.75) is 90.1 Å². The van der Waals surface area contributed by atoms with Gasteiger partial charge in [0.05, 0.1) is 36.8 Å². The van der Waals surface area contributed by atoms with Crippen molar-refractivity contribution < 1.29 is 42.1 Å². The second kappa shape index (κ2) is 18.3. The minimum Gasteiger partial charge on any atom is -0.490 e. The molecule has 256 valence electrons. The van der Waals surface area contributed by atoms with Crippen molar-refractivity contribution in [1.29, 1.82) is 0 Å². The van der Waals surface area contributed by atoms with Gasteiger partial charge in [0, 0.05) is 51.2 Å². The summed E-state index contributed by atoms with van der Waals surface area (Å²) in [4.78, 5) is 44.4. The first-order chi connectivity index (χ1) is 21.1. The number of carbonyl (C=O) groups excluding carboxylic acids is 3. The van der Waals surface area contributed by atoms with Crippen LogP contribution in [0.3, 0.4) is 0 Å². The maximum absolute atomic E-state index is 14.1. The molecule has 0 aromatic heterocycles. The zero-order chi connectivity index (χ0) is 33.7. The van der Waals surface area contributed by atoms with E-state index in [1.54, 1.807) is 18.9 Å². The Kier molecular flexibility index (Phi) is 15.6. The van der Waals surface area contributed by atoms with Crippen molar-refractivity contribution in [1.82, 2.24) is 14.7 Å². The van der Waals surface area contributed by atoms with Crippen molar-refractivity contribution >= 4 is 23.4 Å². The van der Waals surface area contributed by atoms with E-state index in [0.29, 0.717) is 26.0 Å². The Morgan fingerprint density at radius 2 is 1.87 bits per heavy atom. The lowest BCUT2D eigenvalue weighted by Gasteiger charge is -2.36. The second-order valence-electron chi connectivity index (χ2n) is 12.4. The van der Waals surface area contributed by atoms with Crippen LogP contribution in [0.4, 0.5) is 18.9 Å². The summed E-state index contributed by atoms with van der Waals surface area (Å²) in [6, 6.07) is 3.82. The summed E-state index contributed by atoms with van der Waals surface area (Å²) in [6.07, 6.45) is -3.75. The second-order valence-corrected chi connectivity index (χ2v) is 12.4. The van der Waals surface area contributed by atoms with Gasteiger partial charge in [-0.2, -0.15) is 13.2 Å². The normalized spacial score (nSPS) is 21.0. The summed E-state index contributed by atoms with van der Waals surface area (Å²) < 4.78 is 50.4. The Bertz CT molecular complexity index is 1100.